The summed E-state index contributed by atoms with van der Waals surface area (Å²) < 4.78 is 0. The summed E-state index contributed by atoms with van der Waals surface area (Å²) in [5, 5.41) is 0. The number of aromatic nitrogens is 1. The molecular formula is C11H9IrN+3. The molecule has 0 spiro atoms. The number of nitrogens with zero attached hydrogens (tertiary/aromatic N) is 1. The van der Waals surface area contributed by atoms with Crippen LogP contribution in [0.2, 0.25) is 0 Å². The van der Waals surface area contributed by atoms with Gasteiger partial charge in [-0.05, 0) is 17.2 Å². The minimum absolute atomic E-state index is 0. The first-order valence-corrected chi connectivity index (χ1v) is 3.92. The van der Waals surface area contributed by atoms with Crippen LogP contribution in [0.25, 0.3) is 11.1 Å². The van der Waals surface area contributed by atoms with Gasteiger partial charge in [0, 0.05) is 12.4 Å². The van der Waals surface area contributed by atoms with Crippen molar-refractivity contribution in [2.75, 3.05) is 0 Å². The van der Waals surface area contributed by atoms with E-state index in [4.69, 9.17) is 0 Å². The Morgan fingerprint density at radius 1 is 0.769 bits per heavy atom. The van der Waals surface area contributed by atoms with Crippen LogP contribution in [-0.2, 0) is 20.1 Å². The zero-order valence-electron chi connectivity index (χ0n) is 6.98. The third-order valence-electron chi connectivity index (χ3n) is 1.77. The number of rotatable bonds is 1. The zero-order chi connectivity index (χ0) is 8.23. The van der Waals surface area contributed by atoms with Crippen molar-refractivity contribution in [3.63, 3.8) is 0 Å². The SMILES string of the molecule is [Ir+3].c1ccc(-c2cccnc2)cc1. The minimum atomic E-state index is 0. The third-order valence-corrected chi connectivity index (χ3v) is 1.77. The van der Waals surface area contributed by atoms with Crippen LogP contribution in [0.15, 0.2) is 54.9 Å². The van der Waals surface area contributed by atoms with Gasteiger partial charge in [-0.25, -0.2) is 0 Å². The first-order chi connectivity index (χ1) is 5.97. The van der Waals surface area contributed by atoms with Crippen LogP contribution in [0.3, 0.4) is 0 Å². The smallest absolute Gasteiger partial charge is 0.264 e. The molecule has 2 aromatic rings. The maximum Gasteiger partial charge on any atom is 3.00 e. The van der Waals surface area contributed by atoms with Gasteiger partial charge in [-0.15, -0.1) is 0 Å². The Bertz CT molecular complexity index is 307. The number of pyridine rings is 1. The van der Waals surface area contributed by atoms with Crippen LogP contribution in [0.4, 0.5) is 0 Å². The monoisotopic (exact) mass is 348 g/mol. The Balaban J connectivity index is 0.000000845. The maximum absolute atomic E-state index is 4.06. The van der Waals surface area contributed by atoms with E-state index in [2.05, 4.69) is 23.2 Å². The van der Waals surface area contributed by atoms with E-state index in [0.29, 0.717) is 0 Å². The molecule has 0 saturated carbocycles. The minimum Gasteiger partial charge on any atom is -0.264 e. The van der Waals surface area contributed by atoms with Crippen LogP contribution in [-0.4, -0.2) is 4.98 Å². The van der Waals surface area contributed by atoms with Gasteiger partial charge in [-0.1, -0.05) is 36.4 Å². The van der Waals surface area contributed by atoms with Gasteiger partial charge in [0.15, 0.2) is 0 Å². The summed E-state index contributed by atoms with van der Waals surface area (Å²) in [5.74, 6) is 0. The van der Waals surface area contributed by atoms with E-state index >= 15 is 0 Å². The Kier molecular flexibility index (Phi) is 3.81. The molecule has 2 rings (SSSR count). The van der Waals surface area contributed by atoms with Gasteiger partial charge in [0.2, 0.25) is 0 Å². The van der Waals surface area contributed by atoms with E-state index in [1.165, 1.54) is 5.56 Å². The van der Waals surface area contributed by atoms with Crippen LogP contribution < -0.4 is 0 Å². The molecular weight excluding hydrogens is 338 g/mol. The molecule has 1 heterocycles. The predicted molar refractivity (Wildman–Crippen MR) is 49.7 cm³/mol. The Morgan fingerprint density at radius 3 is 2.08 bits per heavy atom. The normalized spacial score (nSPS) is 8.92. The molecule has 1 nitrogen and oxygen atoms in total. The third kappa shape index (κ3) is 2.48. The van der Waals surface area contributed by atoms with E-state index in [9.17, 15) is 0 Å². The van der Waals surface area contributed by atoms with E-state index in [1.54, 1.807) is 6.20 Å². The van der Waals surface area contributed by atoms with Gasteiger partial charge in [-0.3, -0.25) is 4.98 Å². The summed E-state index contributed by atoms with van der Waals surface area (Å²) in [6.07, 6.45) is 3.65. The van der Waals surface area contributed by atoms with Crippen LogP contribution in [0.5, 0.6) is 0 Å². The van der Waals surface area contributed by atoms with Crippen molar-refractivity contribution in [2.24, 2.45) is 0 Å². The zero-order valence-corrected chi connectivity index (χ0v) is 9.37. The number of hydrogen-bond acceptors (Lipinski definition) is 1. The Hall–Kier alpha value is -0.981. The van der Waals surface area contributed by atoms with Crippen molar-refractivity contribution in [1.82, 2.24) is 4.98 Å². The second-order valence-electron chi connectivity index (χ2n) is 2.61. The fraction of sp³-hybridized carbons (Fsp3) is 0. The summed E-state index contributed by atoms with van der Waals surface area (Å²) in [4.78, 5) is 4.06. The Labute approximate surface area is 91.2 Å². The topological polar surface area (TPSA) is 12.9 Å². The summed E-state index contributed by atoms with van der Waals surface area (Å²) in [6.45, 7) is 0. The molecule has 64 valence electrons. The molecule has 2 heteroatoms. The van der Waals surface area contributed by atoms with Crippen LogP contribution in [0, 0.1) is 0 Å². The van der Waals surface area contributed by atoms with Gasteiger partial charge >= 0.3 is 20.1 Å². The molecule has 0 fully saturated rings. The van der Waals surface area contributed by atoms with Gasteiger partial charge in [0.05, 0.1) is 0 Å². The fourth-order valence-corrected chi connectivity index (χ4v) is 1.16. The predicted octanol–water partition coefficient (Wildman–Crippen LogP) is 2.75. The van der Waals surface area contributed by atoms with E-state index in [0.717, 1.165) is 5.56 Å². The second kappa shape index (κ2) is 4.90. The van der Waals surface area contributed by atoms with Crippen molar-refractivity contribution >= 4 is 0 Å². The van der Waals surface area contributed by atoms with Crippen molar-refractivity contribution in [2.45, 2.75) is 0 Å². The van der Waals surface area contributed by atoms with Gasteiger partial charge in [0.1, 0.15) is 0 Å². The molecule has 0 bridgehead atoms. The first kappa shape index (κ1) is 10.1. The van der Waals surface area contributed by atoms with Gasteiger partial charge < -0.3 is 0 Å². The molecule has 0 aliphatic carbocycles. The largest absolute Gasteiger partial charge is 3.00 e. The van der Waals surface area contributed by atoms with Crippen molar-refractivity contribution in [3.05, 3.63) is 54.9 Å². The summed E-state index contributed by atoms with van der Waals surface area (Å²) in [5.41, 5.74) is 2.38. The maximum atomic E-state index is 4.06. The van der Waals surface area contributed by atoms with Gasteiger partial charge in [0.25, 0.3) is 0 Å². The molecule has 1 aromatic heterocycles. The molecule has 1 aromatic carbocycles. The standard InChI is InChI=1S/C11H9N.Ir/c1-2-5-10(6-3-1)11-7-4-8-12-9-11;/h1-9H;/q;+3. The molecule has 0 aliphatic rings. The number of benzene rings is 1. The summed E-state index contributed by atoms with van der Waals surface area (Å²) >= 11 is 0. The quantitative estimate of drug-likeness (QED) is 0.773. The molecule has 0 atom stereocenters. The molecule has 0 saturated heterocycles. The number of hydrogen-bond donors (Lipinski definition) is 0. The van der Waals surface area contributed by atoms with Crippen molar-refractivity contribution in [3.8, 4) is 11.1 Å². The Morgan fingerprint density at radius 2 is 1.46 bits per heavy atom. The molecule has 0 aliphatic heterocycles. The van der Waals surface area contributed by atoms with Crippen LogP contribution >= 0.6 is 0 Å². The van der Waals surface area contributed by atoms with E-state index in [-0.39, 0.29) is 20.1 Å². The average Bonchev–Trinajstić information content (AvgIpc) is 2.21. The van der Waals surface area contributed by atoms with E-state index in [1.807, 2.05) is 30.5 Å². The fourth-order valence-electron chi connectivity index (χ4n) is 1.16. The van der Waals surface area contributed by atoms with E-state index < -0.39 is 0 Å². The first-order valence-electron chi connectivity index (χ1n) is 3.92. The second-order valence-corrected chi connectivity index (χ2v) is 2.61. The summed E-state index contributed by atoms with van der Waals surface area (Å²) in [6, 6.07) is 14.2. The molecule has 0 unspecified atom stereocenters. The summed E-state index contributed by atoms with van der Waals surface area (Å²) in [7, 11) is 0. The molecule has 0 amide bonds. The molecule has 13 heavy (non-hydrogen) atoms. The average molecular weight is 347 g/mol. The molecule has 0 radical (unpaired) electrons. The van der Waals surface area contributed by atoms with Crippen LogP contribution in [0.1, 0.15) is 0 Å². The van der Waals surface area contributed by atoms with Crippen molar-refractivity contribution in [1.29, 1.82) is 0 Å². The molecule has 0 N–H and O–H groups in total. The van der Waals surface area contributed by atoms with Gasteiger partial charge in [-0.2, -0.15) is 0 Å². The van der Waals surface area contributed by atoms with Crippen molar-refractivity contribution < 1.29 is 20.1 Å².